The zero-order chi connectivity index (χ0) is 11.2. The van der Waals surface area contributed by atoms with Crippen molar-refractivity contribution in [1.29, 1.82) is 0 Å². The van der Waals surface area contributed by atoms with Gasteiger partial charge in [0.25, 0.3) is 0 Å². The Hall–Kier alpha value is -1.54. The monoisotopic (exact) mass is 210 g/mol. The maximum absolute atomic E-state index is 9.98. The maximum atomic E-state index is 9.98. The van der Waals surface area contributed by atoms with E-state index in [1.165, 1.54) is 5.56 Å². The Balaban J connectivity index is 1.92. The van der Waals surface area contributed by atoms with Crippen molar-refractivity contribution < 1.29 is 5.02 Å². The van der Waals surface area contributed by atoms with Gasteiger partial charge in [-0.2, -0.15) is 0 Å². The van der Waals surface area contributed by atoms with Crippen LogP contribution in [-0.4, -0.2) is 11.9 Å². The van der Waals surface area contributed by atoms with Crippen molar-refractivity contribution in [1.82, 2.24) is 0 Å². The molecule has 1 N–H and O–H groups in total. The van der Waals surface area contributed by atoms with E-state index in [4.69, 9.17) is 0 Å². The normalized spacial score (nSPS) is 10.1. The topological polar surface area (TPSA) is 20.2 Å². The summed E-state index contributed by atoms with van der Waals surface area (Å²) in [5, 5.41) is 9.98. The van der Waals surface area contributed by atoms with Gasteiger partial charge in [0, 0.05) is 0 Å². The number of hydrogen-bond donors (Lipinski definition) is 1. The first-order chi connectivity index (χ1) is 7.86. The SMILES string of the molecule is OB(CCc1ccccc1)c1ccccc1. The van der Waals surface area contributed by atoms with Crippen LogP contribution in [0, 0.1) is 0 Å². The van der Waals surface area contributed by atoms with Crippen molar-refractivity contribution in [2.45, 2.75) is 12.7 Å². The highest BCUT2D eigenvalue weighted by Gasteiger charge is 2.12. The van der Waals surface area contributed by atoms with Crippen LogP contribution in [-0.2, 0) is 6.42 Å². The van der Waals surface area contributed by atoms with Crippen LogP contribution in [0.3, 0.4) is 0 Å². The molecule has 0 radical (unpaired) electrons. The molecule has 0 aromatic heterocycles. The fourth-order valence-electron chi connectivity index (χ4n) is 1.79. The summed E-state index contributed by atoms with van der Waals surface area (Å²) in [4.78, 5) is 0. The molecular weight excluding hydrogens is 195 g/mol. The molecule has 0 atom stereocenters. The Morgan fingerprint density at radius 1 is 0.812 bits per heavy atom. The molecule has 2 aromatic rings. The molecule has 0 aliphatic rings. The van der Waals surface area contributed by atoms with Crippen LogP contribution in [0.15, 0.2) is 60.7 Å². The smallest absolute Gasteiger partial charge is 0.323 e. The molecule has 0 unspecified atom stereocenters. The predicted molar refractivity (Wildman–Crippen MR) is 69.0 cm³/mol. The van der Waals surface area contributed by atoms with Crippen LogP contribution in [0.25, 0.3) is 0 Å². The molecule has 16 heavy (non-hydrogen) atoms. The van der Waals surface area contributed by atoms with Gasteiger partial charge in [0.2, 0.25) is 0 Å². The first-order valence-electron chi connectivity index (χ1n) is 5.63. The minimum Gasteiger partial charge on any atom is -0.446 e. The van der Waals surface area contributed by atoms with Crippen LogP contribution in [0.1, 0.15) is 5.56 Å². The lowest BCUT2D eigenvalue weighted by atomic mass is 9.58. The summed E-state index contributed by atoms with van der Waals surface area (Å²) in [6, 6.07) is 20.1. The van der Waals surface area contributed by atoms with Crippen LogP contribution >= 0.6 is 0 Å². The Labute approximate surface area is 96.9 Å². The number of aryl methyl sites for hydroxylation is 1. The van der Waals surface area contributed by atoms with Gasteiger partial charge in [-0.3, -0.25) is 0 Å². The van der Waals surface area contributed by atoms with Crippen LogP contribution in [0.5, 0.6) is 0 Å². The van der Waals surface area contributed by atoms with Gasteiger partial charge in [-0.05, 0) is 23.8 Å². The molecule has 2 aromatic carbocycles. The lowest BCUT2D eigenvalue weighted by Gasteiger charge is -2.06. The minimum atomic E-state index is -0.360. The van der Waals surface area contributed by atoms with E-state index in [-0.39, 0.29) is 6.92 Å². The molecule has 0 heterocycles. The number of hydrogen-bond acceptors (Lipinski definition) is 1. The van der Waals surface area contributed by atoms with E-state index in [0.717, 1.165) is 18.2 Å². The Bertz CT molecular complexity index is 413. The average molecular weight is 210 g/mol. The summed E-state index contributed by atoms with van der Waals surface area (Å²) in [6.07, 6.45) is 1.69. The Morgan fingerprint density at radius 2 is 1.38 bits per heavy atom. The summed E-state index contributed by atoms with van der Waals surface area (Å²) in [5.41, 5.74) is 2.27. The molecule has 0 aliphatic heterocycles. The van der Waals surface area contributed by atoms with Gasteiger partial charge in [0.15, 0.2) is 0 Å². The molecule has 2 rings (SSSR count). The van der Waals surface area contributed by atoms with Gasteiger partial charge in [0.1, 0.15) is 0 Å². The molecular formula is C14H15BO. The minimum absolute atomic E-state index is 0.360. The van der Waals surface area contributed by atoms with Crippen LogP contribution < -0.4 is 5.46 Å². The van der Waals surface area contributed by atoms with E-state index in [9.17, 15) is 5.02 Å². The maximum Gasteiger partial charge on any atom is 0.323 e. The number of benzene rings is 2. The Kier molecular flexibility index (Phi) is 3.78. The zero-order valence-corrected chi connectivity index (χ0v) is 9.21. The van der Waals surface area contributed by atoms with Gasteiger partial charge >= 0.3 is 6.92 Å². The van der Waals surface area contributed by atoms with Crippen molar-refractivity contribution in [3.8, 4) is 0 Å². The van der Waals surface area contributed by atoms with E-state index in [2.05, 4.69) is 12.1 Å². The molecule has 0 saturated heterocycles. The second kappa shape index (κ2) is 5.52. The van der Waals surface area contributed by atoms with Gasteiger partial charge in [-0.25, -0.2) is 0 Å². The third-order valence-electron chi connectivity index (χ3n) is 2.73. The van der Waals surface area contributed by atoms with Gasteiger partial charge < -0.3 is 5.02 Å². The van der Waals surface area contributed by atoms with Crippen molar-refractivity contribution in [3.63, 3.8) is 0 Å². The summed E-state index contributed by atoms with van der Waals surface area (Å²) in [5.74, 6) is 0. The fraction of sp³-hybridized carbons (Fsp3) is 0.143. The molecule has 2 heteroatoms. The van der Waals surface area contributed by atoms with Crippen molar-refractivity contribution in [2.75, 3.05) is 0 Å². The molecule has 1 nitrogen and oxygen atoms in total. The van der Waals surface area contributed by atoms with E-state index in [1.807, 2.05) is 48.5 Å². The first-order valence-corrected chi connectivity index (χ1v) is 5.63. The largest absolute Gasteiger partial charge is 0.446 e. The van der Waals surface area contributed by atoms with Crippen LogP contribution in [0.2, 0.25) is 6.32 Å². The summed E-state index contributed by atoms with van der Waals surface area (Å²) in [7, 11) is 0. The van der Waals surface area contributed by atoms with Crippen LogP contribution in [0.4, 0.5) is 0 Å². The van der Waals surface area contributed by atoms with Crippen molar-refractivity contribution in [3.05, 3.63) is 66.2 Å². The predicted octanol–water partition coefficient (Wildman–Crippen LogP) is 2.12. The van der Waals surface area contributed by atoms with Crippen molar-refractivity contribution >= 4 is 12.4 Å². The lowest BCUT2D eigenvalue weighted by molar-refractivity contribution is 0.582. The first kappa shape index (κ1) is 11.0. The molecule has 0 bridgehead atoms. The average Bonchev–Trinajstić information content (AvgIpc) is 2.38. The highest BCUT2D eigenvalue weighted by atomic mass is 16.2. The lowest BCUT2D eigenvalue weighted by Crippen LogP contribution is -2.29. The van der Waals surface area contributed by atoms with E-state index < -0.39 is 0 Å². The highest BCUT2D eigenvalue weighted by Crippen LogP contribution is 2.04. The van der Waals surface area contributed by atoms with Gasteiger partial charge in [-0.1, -0.05) is 60.7 Å². The fourth-order valence-corrected chi connectivity index (χ4v) is 1.79. The Morgan fingerprint density at radius 3 is 2.00 bits per heavy atom. The van der Waals surface area contributed by atoms with E-state index in [1.54, 1.807) is 0 Å². The van der Waals surface area contributed by atoms with E-state index in [0.29, 0.717) is 0 Å². The third kappa shape index (κ3) is 2.98. The molecule has 0 aliphatic carbocycles. The van der Waals surface area contributed by atoms with E-state index >= 15 is 0 Å². The quantitative estimate of drug-likeness (QED) is 0.766. The van der Waals surface area contributed by atoms with Gasteiger partial charge in [-0.15, -0.1) is 0 Å². The number of rotatable bonds is 4. The van der Waals surface area contributed by atoms with Gasteiger partial charge in [0.05, 0.1) is 0 Å². The molecule has 0 amide bonds. The summed E-state index contributed by atoms with van der Waals surface area (Å²) < 4.78 is 0. The molecule has 80 valence electrons. The second-order valence-electron chi connectivity index (χ2n) is 3.95. The molecule has 0 fully saturated rings. The summed E-state index contributed by atoms with van der Waals surface area (Å²) in [6.45, 7) is -0.360. The standard InChI is InChI=1S/C14H15BO/c16-15(14-9-5-2-6-10-14)12-11-13-7-3-1-4-8-13/h1-10,16H,11-12H2. The zero-order valence-electron chi connectivity index (χ0n) is 9.21. The summed E-state index contributed by atoms with van der Waals surface area (Å²) >= 11 is 0. The van der Waals surface area contributed by atoms with Crippen molar-refractivity contribution in [2.24, 2.45) is 0 Å². The third-order valence-corrected chi connectivity index (χ3v) is 2.73. The molecule has 0 spiro atoms. The highest BCUT2D eigenvalue weighted by molar-refractivity contribution is 6.66. The molecule has 0 saturated carbocycles. The second-order valence-corrected chi connectivity index (χ2v) is 3.95.